The Labute approximate surface area is 101 Å². The summed E-state index contributed by atoms with van der Waals surface area (Å²) in [5.41, 5.74) is -2.38. The van der Waals surface area contributed by atoms with Crippen LogP contribution < -0.4 is 5.32 Å². The molecule has 0 spiro atoms. The van der Waals surface area contributed by atoms with Crippen molar-refractivity contribution in [1.29, 1.82) is 0 Å². The molecule has 2 fully saturated rings. The van der Waals surface area contributed by atoms with Crippen molar-refractivity contribution >= 4 is 11.9 Å². The quantitative estimate of drug-likeness (QED) is 0.742. The summed E-state index contributed by atoms with van der Waals surface area (Å²) >= 11 is 0. The van der Waals surface area contributed by atoms with Gasteiger partial charge in [0.05, 0.1) is 5.92 Å². The molecule has 2 heterocycles. The zero-order chi connectivity index (χ0) is 13.6. The van der Waals surface area contributed by atoms with Crippen molar-refractivity contribution in [3.8, 4) is 0 Å². The van der Waals surface area contributed by atoms with Gasteiger partial charge < -0.3 is 15.3 Å². The molecule has 2 saturated heterocycles. The highest BCUT2D eigenvalue weighted by molar-refractivity contribution is 5.87. The first-order chi connectivity index (χ1) is 8.28. The highest BCUT2D eigenvalue weighted by Gasteiger charge is 2.63. The van der Waals surface area contributed by atoms with Crippen molar-refractivity contribution in [2.24, 2.45) is 11.3 Å². The fraction of sp³-hybridized carbons (Fsp3) is 0.800. The zero-order valence-corrected chi connectivity index (χ0v) is 9.46. The number of carboxylic acid groups (broad SMARTS) is 1. The van der Waals surface area contributed by atoms with Gasteiger partial charge in [0.1, 0.15) is 0 Å². The van der Waals surface area contributed by atoms with Crippen molar-refractivity contribution in [3.05, 3.63) is 0 Å². The van der Waals surface area contributed by atoms with E-state index in [0.717, 1.165) is 4.90 Å². The van der Waals surface area contributed by atoms with Crippen molar-refractivity contribution < 1.29 is 27.9 Å². The maximum Gasteiger partial charge on any atom is 0.404 e. The van der Waals surface area contributed by atoms with E-state index in [2.05, 4.69) is 5.32 Å². The number of alkyl halides is 3. The summed E-state index contributed by atoms with van der Waals surface area (Å²) in [4.78, 5) is 23.5. The predicted molar refractivity (Wildman–Crippen MR) is 53.7 cm³/mol. The Morgan fingerprint density at radius 1 is 1.33 bits per heavy atom. The van der Waals surface area contributed by atoms with Crippen LogP contribution in [0.1, 0.15) is 6.42 Å². The smallest absolute Gasteiger partial charge is 0.404 e. The number of carboxylic acids is 1. The van der Waals surface area contributed by atoms with Gasteiger partial charge in [0.25, 0.3) is 0 Å². The summed E-state index contributed by atoms with van der Waals surface area (Å²) in [6, 6.07) is 0. The molecule has 0 aliphatic carbocycles. The van der Waals surface area contributed by atoms with Gasteiger partial charge in [-0.15, -0.1) is 0 Å². The summed E-state index contributed by atoms with van der Waals surface area (Å²) in [6.07, 6.45) is -4.90. The van der Waals surface area contributed by atoms with E-state index in [1.807, 2.05) is 0 Å². The molecule has 0 aromatic heterocycles. The largest absolute Gasteiger partial charge is 0.481 e. The first-order valence-corrected chi connectivity index (χ1v) is 5.57. The molecular weight excluding hydrogens is 253 g/mol. The Balaban J connectivity index is 2.10. The second kappa shape index (κ2) is 4.11. The van der Waals surface area contributed by atoms with Crippen molar-refractivity contribution in [2.45, 2.75) is 12.6 Å². The normalized spacial score (nSPS) is 29.2. The number of carbonyl (C=O) groups is 2. The average Bonchev–Trinajstić information content (AvgIpc) is 2.62. The van der Waals surface area contributed by atoms with E-state index < -0.39 is 35.9 Å². The number of nitrogens with zero attached hydrogens (tertiary/aromatic N) is 1. The average molecular weight is 266 g/mol. The second-order valence-electron chi connectivity index (χ2n) is 4.75. The Kier molecular flexibility index (Phi) is 3.00. The summed E-state index contributed by atoms with van der Waals surface area (Å²) in [5, 5.41) is 11.2. The third-order valence-electron chi connectivity index (χ3n) is 3.63. The highest BCUT2D eigenvalue weighted by Crippen LogP contribution is 2.45. The van der Waals surface area contributed by atoms with Crippen LogP contribution in [-0.2, 0) is 9.59 Å². The number of nitrogens with one attached hydrogen (secondary N) is 1. The summed E-state index contributed by atoms with van der Waals surface area (Å²) in [5.74, 6) is -2.82. The molecule has 2 N–H and O–H groups in total. The number of hydrogen-bond acceptors (Lipinski definition) is 3. The third kappa shape index (κ3) is 1.84. The van der Waals surface area contributed by atoms with E-state index in [9.17, 15) is 22.8 Å². The van der Waals surface area contributed by atoms with Crippen LogP contribution in [0.15, 0.2) is 0 Å². The van der Waals surface area contributed by atoms with Gasteiger partial charge in [-0.25, -0.2) is 0 Å². The summed E-state index contributed by atoms with van der Waals surface area (Å²) < 4.78 is 39.1. The predicted octanol–water partition coefficient (Wildman–Crippen LogP) is 0.0714. The van der Waals surface area contributed by atoms with Gasteiger partial charge in [-0.3, -0.25) is 9.59 Å². The molecule has 102 valence electrons. The van der Waals surface area contributed by atoms with Crippen molar-refractivity contribution in [3.63, 3.8) is 0 Å². The van der Waals surface area contributed by atoms with Gasteiger partial charge in [0.15, 0.2) is 5.41 Å². The van der Waals surface area contributed by atoms with Crippen molar-refractivity contribution in [2.75, 3.05) is 26.2 Å². The zero-order valence-electron chi connectivity index (χ0n) is 9.46. The van der Waals surface area contributed by atoms with Gasteiger partial charge in [0.2, 0.25) is 5.91 Å². The molecule has 0 radical (unpaired) electrons. The summed E-state index contributed by atoms with van der Waals surface area (Å²) in [6.45, 7) is -0.553. The van der Waals surface area contributed by atoms with E-state index >= 15 is 0 Å². The molecule has 2 aliphatic heterocycles. The van der Waals surface area contributed by atoms with E-state index in [1.54, 1.807) is 0 Å². The highest BCUT2D eigenvalue weighted by atomic mass is 19.4. The van der Waals surface area contributed by atoms with Crippen LogP contribution in [0.2, 0.25) is 0 Å². The Bertz CT molecular complexity index is 371. The summed E-state index contributed by atoms with van der Waals surface area (Å²) in [7, 11) is 0. The van der Waals surface area contributed by atoms with E-state index in [4.69, 9.17) is 5.11 Å². The van der Waals surface area contributed by atoms with Gasteiger partial charge in [-0.2, -0.15) is 13.2 Å². The minimum atomic E-state index is -4.61. The molecule has 1 unspecified atom stereocenters. The van der Waals surface area contributed by atoms with Crippen LogP contribution in [0.25, 0.3) is 0 Å². The van der Waals surface area contributed by atoms with Gasteiger partial charge in [-0.05, 0) is 13.0 Å². The lowest BCUT2D eigenvalue weighted by molar-refractivity contribution is -0.224. The number of amides is 1. The van der Waals surface area contributed by atoms with Crippen LogP contribution in [0.4, 0.5) is 13.2 Å². The second-order valence-corrected chi connectivity index (χ2v) is 4.75. The number of hydrogen-bond donors (Lipinski definition) is 2. The molecule has 8 heteroatoms. The van der Waals surface area contributed by atoms with Gasteiger partial charge >= 0.3 is 12.1 Å². The molecule has 0 aromatic carbocycles. The molecule has 1 amide bonds. The Hall–Kier alpha value is -1.31. The molecule has 0 bridgehead atoms. The molecule has 0 aromatic rings. The lowest BCUT2D eigenvalue weighted by atomic mass is 9.82. The number of aliphatic carboxylic acids is 1. The Morgan fingerprint density at radius 2 is 1.94 bits per heavy atom. The molecule has 18 heavy (non-hydrogen) atoms. The first-order valence-electron chi connectivity index (χ1n) is 5.57. The van der Waals surface area contributed by atoms with Gasteiger partial charge in [-0.1, -0.05) is 0 Å². The molecule has 5 nitrogen and oxygen atoms in total. The topological polar surface area (TPSA) is 69.6 Å². The number of likely N-dealkylation sites (tertiary alicyclic amines) is 1. The van der Waals surface area contributed by atoms with Crippen LogP contribution in [0.3, 0.4) is 0 Å². The number of halogens is 3. The van der Waals surface area contributed by atoms with E-state index in [0.29, 0.717) is 0 Å². The third-order valence-corrected chi connectivity index (χ3v) is 3.63. The number of carbonyl (C=O) groups excluding carboxylic acids is 1. The molecule has 1 atom stereocenters. The first kappa shape index (κ1) is 13.1. The fourth-order valence-electron chi connectivity index (χ4n) is 2.34. The maximum absolute atomic E-state index is 13.0. The lowest BCUT2D eigenvalue weighted by Crippen LogP contribution is -2.61. The molecule has 0 saturated carbocycles. The standard InChI is InChI=1S/C10H13F3N2O3/c11-10(12,13)9(1-2-14-5-9)8(18)15-3-6(4-15)7(16)17/h6,14H,1-5H2,(H,16,17). The monoisotopic (exact) mass is 266 g/mol. The lowest BCUT2D eigenvalue weighted by Gasteiger charge is -2.42. The van der Waals surface area contributed by atoms with Crippen LogP contribution in [0.5, 0.6) is 0 Å². The molecule has 2 rings (SSSR count). The number of rotatable bonds is 2. The van der Waals surface area contributed by atoms with Gasteiger partial charge in [0, 0.05) is 19.6 Å². The maximum atomic E-state index is 13.0. The van der Waals surface area contributed by atoms with E-state index in [-0.39, 0.29) is 26.1 Å². The Morgan fingerprint density at radius 3 is 2.33 bits per heavy atom. The fourth-order valence-corrected chi connectivity index (χ4v) is 2.34. The van der Waals surface area contributed by atoms with Crippen LogP contribution in [0, 0.1) is 11.3 Å². The minimum Gasteiger partial charge on any atom is -0.481 e. The van der Waals surface area contributed by atoms with Crippen molar-refractivity contribution in [1.82, 2.24) is 10.2 Å². The van der Waals surface area contributed by atoms with E-state index in [1.165, 1.54) is 0 Å². The SMILES string of the molecule is O=C(O)C1CN(C(=O)C2(C(F)(F)F)CCNC2)C1. The van der Waals surface area contributed by atoms with Crippen LogP contribution in [-0.4, -0.2) is 54.2 Å². The minimum absolute atomic E-state index is 0.133. The van der Waals surface area contributed by atoms with Crippen LogP contribution >= 0.6 is 0 Å². The molecular formula is C10H13F3N2O3. The molecule has 2 aliphatic rings.